The molecule has 1 unspecified atom stereocenters. The van der Waals surface area contributed by atoms with Gasteiger partial charge < -0.3 is 0 Å². The molecular formula is C9H16N2O5. The van der Waals surface area contributed by atoms with E-state index >= 15 is 0 Å². The van der Waals surface area contributed by atoms with Gasteiger partial charge in [0, 0.05) is 0 Å². The predicted octanol–water partition coefficient (Wildman–Crippen LogP) is 0.917. The Kier molecular flexibility index (Phi) is 4.97. The van der Waals surface area contributed by atoms with Crippen molar-refractivity contribution in [2.24, 2.45) is 0 Å². The Balaban J connectivity index is 2.38. The maximum absolute atomic E-state index is 11.4. The summed E-state index contributed by atoms with van der Waals surface area (Å²) in [6.45, 7) is 3.29. The Morgan fingerprint density at radius 2 is 1.88 bits per heavy atom. The van der Waals surface area contributed by atoms with Crippen molar-refractivity contribution < 1.29 is 19.8 Å². The Morgan fingerprint density at radius 1 is 1.31 bits per heavy atom. The quantitative estimate of drug-likeness (QED) is 0.407. The van der Waals surface area contributed by atoms with E-state index < -0.39 is 17.1 Å². The second-order valence-electron chi connectivity index (χ2n) is 3.83. The Morgan fingerprint density at radius 3 is 2.38 bits per heavy atom. The lowest BCUT2D eigenvalue weighted by Gasteiger charge is -2.24. The highest BCUT2D eigenvalue weighted by Gasteiger charge is 2.24. The van der Waals surface area contributed by atoms with Crippen LogP contribution in [0.5, 0.6) is 0 Å². The molecule has 1 aliphatic rings. The number of hydrogen-bond acceptors (Lipinski definition) is 6. The molecule has 0 N–H and O–H groups in total. The Hall–Kier alpha value is -1.37. The molecule has 0 saturated carbocycles. The van der Waals surface area contributed by atoms with Gasteiger partial charge in [-0.25, -0.2) is 4.79 Å². The van der Waals surface area contributed by atoms with E-state index in [2.05, 4.69) is 9.88 Å². The standard InChI is InChI=1S/C9H16N2O5/c1-8(9(12)15-16-11(13)14)10-6-4-2-3-5-7-10/h8H,2-7H2,1H3. The molecule has 0 spiro atoms. The number of likely N-dealkylation sites (tertiary alicyclic amines) is 1. The van der Waals surface area contributed by atoms with E-state index in [1.54, 1.807) is 6.92 Å². The summed E-state index contributed by atoms with van der Waals surface area (Å²) in [4.78, 5) is 30.8. The van der Waals surface area contributed by atoms with Crippen molar-refractivity contribution in [3.05, 3.63) is 10.1 Å². The maximum atomic E-state index is 11.4. The molecule has 0 aromatic heterocycles. The van der Waals surface area contributed by atoms with E-state index in [1.165, 1.54) is 0 Å². The van der Waals surface area contributed by atoms with Crippen LogP contribution in [-0.2, 0) is 14.7 Å². The first-order valence-corrected chi connectivity index (χ1v) is 5.38. The van der Waals surface area contributed by atoms with Gasteiger partial charge >= 0.3 is 11.1 Å². The van der Waals surface area contributed by atoms with Crippen LogP contribution in [0.25, 0.3) is 0 Å². The van der Waals surface area contributed by atoms with Gasteiger partial charge in [0.25, 0.3) is 0 Å². The predicted molar refractivity (Wildman–Crippen MR) is 53.7 cm³/mol. The van der Waals surface area contributed by atoms with Crippen LogP contribution in [-0.4, -0.2) is 35.1 Å². The number of nitrogens with zero attached hydrogens (tertiary/aromatic N) is 2. The monoisotopic (exact) mass is 232 g/mol. The average molecular weight is 232 g/mol. The molecule has 7 heteroatoms. The lowest BCUT2D eigenvalue weighted by molar-refractivity contribution is -0.839. The second-order valence-corrected chi connectivity index (χ2v) is 3.83. The van der Waals surface area contributed by atoms with Crippen molar-refractivity contribution in [2.75, 3.05) is 13.1 Å². The molecule has 0 aromatic carbocycles. The molecule has 7 nitrogen and oxygen atoms in total. The zero-order valence-corrected chi connectivity index (χ0v) is 9.26. The number of carbonyl (C=O) groups is 1. The first kappa shape index (κ1) is 12.7. The molecule has 0 amide bonds. The van der Waals surface area contributed by atoms with Crippen LogP contribution in [0.1, 0.15) is 32.6 Å². The third-order valence-electron chi connectivity index (χ3n) is 2.71. The smallest absolute Gasteiger partial charge is 0.291 e. The summed E-state index contributed by atoms with van der Waals surface area (Å²) >= 11 is 0. The van der Waals surface area contributed by atoms with Gasteiger partial charge in [0.1, 0.15) is 6.04 Å². The fourth-order valence-electron chi connectivity index (χ4n) is 1.77. The van der Waals surface area contributed by atoms with Gasteiger partial charge in [-0.1, -0.05) is 17.8 Å². The highest BCUT2D eigenvalue weighted by Crippen LogP contribution is 2.13. The molecule has 1 fully saturated rings. The van der Waals surface area contributed by atoms with Crippen LogP contribution in [0.2, 0.25) is 0 Å². The summed E-state index contributed by atoms with van der Waals surface area (Å²) in [7, 11) is 0. The van der Waals surface area contributed by atoms with Crippen molar-refractivity contribution in [3.63, 3.8) is 0 Å². The van der Waals surface area contributed by atoms with Crippen molar-refractivity contribution >= 4 is 5.97 Å². The topological polar surface area (TPSA) is 81.9 Å². The Bertz CT molecular complexity index is 250. The lowest BCUT2D eigenvalue weighted by Crippen LogP contribution is -2.40. The molecule has 0 radical (unpaired) electrons. The molecule has 1 heterocycles. The molecule has 16 heavy (non-hydrogen) atoms. The number of carbonyl (C=O) groups excluding carboxylic acids is 1. The van der Waals surface area contributed by atoms with E-state index in [9.17, 15) is 14.9 Å². The zero-order valence-electron chi connectivity index (χ0n) is 9.26. The molecule has 0 aliphatic carbocycles. The number of rotatable bonds is 4. The van der Waals surface area contributed by atoms with E-state index in [-0.39, 0.29) is 0 Å². The van der Waals surface area contributed by atoms with Crippen LogP contribution >= 0.6 is 0 Å². The van der Waals surface area contributed by atoms with Crippen molar-refractivity contribution in [2.45, 2.75) is 38.6 Å². The minimum atomic E-state index is -1.15. The third-order valence-corrected chi connectivity index (χ3v) is 2.71. The van der Waals surface area contributed by atoms with E-state index in [4.69, 9.17) is 0 Å². The minimum Gasteiger partial charge on any atom is -0.291 e. The molecule has 1 aliphatic heterocycles. The van der Waals surface area contributed by atoms with E-state index in [0.717, 1.165) is 38.8 Å². The van der Waals surface area contributed by atoms with E-state index in [1.807, 2.05) is 4.90 Å². The molecule has 0 aromatic rings. The highest BCUT2D eigenvalue weighted by molar-refractivity contribution is 5.74. The summed E-state index contributed by atoms with van der Waals surface area (Å²) in [5.41, 5.74) is 0. The lowest BCUT2D eigenvalue weighted by atomic mass is 10.2. The molecule has 1 saturated heterocycles. The Labute approximate surface area is 93.3 Å². The van der Waals surface area contributed by atoms with Gasteiger partial charge in [-0.2, -0.15) is 0 Å². The SMILES string of the molecule is CC(C(=O)OO[N+](=O)[O-])N1CCCCCC1. The van der Waals surface area contributed by atoms with Crippen LogP contribution in [0.15, 0.2) is 0 Å². The van der Waals surface area contributed by atoms with Gasteiger partial charge in [0.15, 0.2) is 0 Å². The molecule has 92 valence electrons. The van der Waals surface area contributed by atoms with Gasteiger partial charge in [0.05, 0.1) is 0 Å². The summed E-state index contributed by atoms with van der Waals surface area (Å²) < 4.78 is 0. The normalized spacial score (nSPS) is 19.6. The molecular weight excluding hydrogens is 216 g/mol. The summed E-state index contributed by atoms with van der Waals surface area (Å²) in [6.07, 6.45) is 4.38. The van der Waals surface area contributed by atoms with Crippen LogP contribution in [0, 0.1) is 10.1 Å². The fraction of sp³-hybridized carbons (Fsp3) is 0.889. The second kappa shape index (κ2) is 6.26. The number of hydrogen-bond donors (Lipinski definition) is 0. The molecule has 1 atom stereocenters. The van der Waals surface area contributed by atoms with Crippen molar-refractivity contribution in [1.82, 2.24) is 4.90 Å². The van der Waals surface area contributed by atoms with Gasteiger partial charge in [0.2, 0.25) is 0 Å². The average Bonchev–Trinajstić information content (AvgIpc) is 2.53. The van der Waals surface area contributed by atoms with Crippen LogP contribution in [0.3, 0.4) is 0 Å². The summed E-state index contributed by atoms with van der Waals surface area (Å²) in [5, 5.41) is 8.70. The van der Waals surface area contributed by atoms with Gasteiger partial charge in [-0.3, -0.25) is 9.79 Å². The van der Waals surface area contributed by atoms with Crippen molar-refractivity contribution in [1.29, 1.82) is 0 Å². The fourth-order valence-corrected chi connectivity index (χ4v) is 1.77. The molecule has 0 bridgehead atoms. The molecule has 1 rings (SSSR count). The summed E-state index contributed by atoms with van der Waals surface area (Å²) in [5.74, 6) is -0.724. The third kappa shape index (κ3) is 4.01. The van der Waals surface area contributed by atoms with E-state index in [0.29, 0.717) is 0 Å². The first-order chi connectivity index (χ1) is 7.61. The zero-order chi connectivity index (χ0) is 12.0. The van der Waals surface area contributed by atoms with Crippen LogP contribution < -0.4 is 0 Å². The maximum Gasteiger partial charge on any atom is 0.359 e. The summed E-state index contributed by atoms with van der Waals surface area (Å²) in [6, 6.07) is -0.502. The van der Waals surface area contributed by atoms with Crippen molar-refractivity contribution in [3.8, 4) is 0 Å². The van der Waals surface area contributed by atoms with Gasteiger partial charge in [-0.05, 0) is 32.9 Å². The van der Waals surface area contributed by atoms with Gasteiger partial charge in [-0.15, -0.1) is 10.1 Å². The minimum absolute atomic E-state index is 0.502. The first-order valence-electron chi connectivity index (χ1n) is 5.38. The van der Waals surface area contributed by atoms with Crippen LogP contribution in [0.4, 0.5) is 0 Å². The highest BCUT2D eigenvalue weighted by atomic mass is 17.3. The largest absolute Gasteiger partial charge is 0.359 e.